The van der Waals surface area contributed by atoms with Crippen molar-refractivity contribution in [3.05, 3.63) is 79.5 Å². The molecule has 14 heteroatoms. The van der Waals surface area contributed by atoms with E-state index in [0.29, 0.717) is 54.7 Å². The monoisotopic (exact) mass is 704 g/mol. The van der Waals surface area contributed by atoms with E-state index in [2.05, 4.69) is 0 Å². The van der Waals surface area contributed by atoms with Crippen molar-refractivity contribution in [2.45, 2.75) is 12.8 Å². The van der Waals surface area contributed by atoms with E-state index in [1.54, 1.807) is 34.1 Å². The van der Waals surface area contributed by atoms with Crippen LogP contribution in [0, 0.1) is 0 Å². The Morgan fingerprint density at radius 1 is 0.682 bits per heavy atom. The standard InChI is InChI=1S/C30H26Cl2N4O4S4/c31-21-7-3-1-5-19(21)17-23-27(39)35(29(41)43-23)11-9-25(37)33-13-15-34(16-14-33)26(38)10-12-36-28(40)24(44-30(36)42)18-20-6-2-4-8-22(20)32/h1-8,17-18H,9-16H2/b23-17-,24-18-. The summed E-state index contributed by atoms with van der Waals surface area (Å²) in [6.45, 7) is 1.90. The number of hydrogen-bond donors (Lipinski definition) is 0. The van der Waals surface area contributed by atoms with Crippen molar-refractivity contribution in [3.8, 4) is 0 Å². The van der Waals surface area contributed by atoms with Crippen LogP contribution < -0.4 is 0 Å². The van der Waals surface area contributed by atoms with Gasteiger partial charge in [0.2, 0.25) is 11.8 Å². The number of hydrogen-bond acceptors (Lipinski definition) is 8. The Morgan fingerprint density at radius 2 is 1.05 bits per heavy atom. The van der Waals surface area contributed by atoms with Crippen molar-refractivity contribution >= 4 is 116 Å². The molecule has 0 saturated carbocycles. The molecule has 0 spiro atoms. The lowest BCUT2D eigenvalue weighted by atomic mass is 10.2. The summed E-state index contributed by atoms with van der Waals surface area (Å²) in [5.74, 6) is -0.707. The van der Waals surface area contributed by atoms with Gasteiger partial charge in [0.15, 0.2) is 0 Å². The average molecular weight is 706 g/mol. The molecule has 3 saturated heterocycles. The Morgan fingerprint density at radius 3 is 1.41 bits per heavy atom. The van der Waals surface area contributed by atoms with Crippen LogP contribution in [-0.4, -0.2) is 91.1 Å². The number of thioether (sulfide) groups is 2. The molecule has 3 heterocycles. The number of piperazine rings is 1. The lowest BCUT2D eigenvalue weighted by molar-refractivity contribution is -0.140. The highest BCUT2D eigenvalue weighted by molar-refractivity contribution is 8.27. The van der Waals surface area contributed by atoms with Gasteiger partial charge in [-0.1, -0.05) is 108 Å². The largest absolute Gasteiger partial charge is 0.339 e. The number of nitrogens with zero attached hydrogens (tertiary/aromatic N) is 4. The summed E-state index contributed by atoms with van der Waals surface area (Å²) in [5.41, 5.74) is 1.45. The number of carbonyl (C=O) groups excluding carboxylic acids is 4. The summed E-state index contributed by atoms with van der Waals surface area (Å²) in [7, 11) is 0. The fourth-order valence-electron chi connectivity index (χ4n) is 4.79. The quantitative estimate of drug-likeness (QED) is 0.262. The molecular weight excluding hydrogens is 680 g/mol. The Bertz CT molecular complexity index is 1490. The molecule has 2 aromatic rings. The topological polar surface area (TPSA) is 81.2 Å². The van der Waals surface area contributed by atoms with E-state index in [1.807, 2.05) is 36.4 Å². The molecule has 0 aromatic heterocycles. The molecule has 0 radical (unpaired) electrons. The van der Waals surface area contributed by atoms with E-state index in [4.69, 9.17) is 47.6 Å². The zero-order chi connectivity index (χ0) is 31.4. The lowest BCUT2D eigenvalue weighted by Crippen LogP contribution is -2.51. The number of carbonyl (C=O) groups is 4. The van der Waals surface area contributed by atoms with Gasteiger partial charge in [-0.15, -0.1) is 0 Å². The molecule has 0 atom stereocenters. The molecule has 0 bridgehead atoms. The highest BCUT2D eigenvalue weighted by atomic mass is 35.5. The predicted molar refractivity (Wildman–Crippen MR) is 185 cm³/mol. The Kier molecular flexibility index (Phi) is 10.8. The first-order valence-electron chi connectivity index (χ1n) is 13.7. The Labute approximate surface area is 284 Å². The van der Waals surface area contributed by atoms with Gasteiger partial charge in [-0.05, 0) is 35.4 Å². The molecule has 44 heavy (non-hydrogen) atoms. The smallest absolute Gasteiger partial charge is 0.266 e. The van der Waals surface area contributed by atoms with Crippen LogP contribution >= 0.6 is 71.2 Å². The van der Waals surface area contributed by atoms with E-state index in [9.17, 15) is 19.2 Å². The number of thiocarbonyl (C=S) groups is 2. The van der Waals surface area contributed by atoms with Gasteiger partial charge in [-0.25, -0.2) is 0 Å². The van der Waals surface area contributed by atoms with Crippen LogP contribution in [-0.2, 0) is 19.2 Å². The van der Waals surface area contributed by atoms with Crippen LogP contribution in [0.4, 0.5) is 0 Å². The number of rotatable bonds is 8. The summed E-state index contributed by atoms with van der Waals surface area (Å²) in [4.78, 5) is 59.0. The van der Waals surface area contributed by atoms with E-state index in [1.165, 1.54) is 33.3 Å². The fourth-order valence-corrected chi connectivity index (χ4v) is 7.77. The summed E-state index contributed by atoms with van der Waals surface area (Å²) >= 11 is 25.6. The van der Waals surface area contributed by atoms with Crippen LogP contribution in [0.25, 0.3) is 12.2 Å². The summed E-state index contributed by atoms with van der Waals surface area (Å²) < 4.78 is 0.801. The zero-order valence-corrected chi connectivity index (χ0v) is 28.0. The SMILES string of the molecule is O=C(CCN1C(=O)/C(=C/c2ccccc2Cl)SC1=S)N1CCN(C(=O)CCN2C(=O)/C(=C/c3ccccc3Cl)SC2=S)CC1. The van der Waals surface area contributed by atoms with Crippen LogP contribution in [0.15, 0.2) is 58.3 Å². The molecule has 8 nitrogen and oxygen atoms in total. The molecule has 4 amide bonds. The molecule has 2 aromatic carbocycles. The fraction of sp³-hybridized carbons (Fsp3) is 0.267. The first kappa shape index (κ1) is 32.6. The normalized spacial score (nSPS) is 19.2. The molecule has 3 aliphatic rings. The van der Waals surface area contributed by atoms with Crippen molar-refractivity contribution < 1.29 is 19.2 Å². The van der Waals surface area contributed by atoms with E-state index in [0.717, 1.165) is 11.1 Å². The number of amides is 4. The predicted octanol–water partition coefficient (Wildman–Crippen LogP) is 5.55. The maximum Gasteiger partial charge on any atom is 0.266 e. The van der Waals surface area contributed by atoms with Gasteiger partial charge in [-0.3, -0.25) is 29.0 Å². The Balaban J connectivity index is 1.07. The van der Waals surface area contributed by atoms with Gasteiger partial charge in [0.05, 0.1) is 9.81 Å². The third-order valence-electron chi connectivity index (χ3n) is 7.21. The minimum atomic E-state index is -0.246. The molecule has 3 fully saturated rings. The maximum absolute atomic E-state index is 12.9. The number of benzene rings is 2. The molecular formula is C30H26Cl2N4O4S4. The van der Waals surface area contributed by atoms with Gasteiger partial charge in [0, 0.05) is 62.2 Å². The number of halogens is 2. The van der Waals surface area contributed by atoms with Crippen molar-refractivity contribution in [2.75, 3.05) is 39.3 Å². The summed E-state index contributed by atoms with van der Waals surface area (Å²) in [5, 5.41) is 1.07. The molecule has 228 valence electrons. The van der Waals surface area contributed by atoms with Gasteiger partial charge >= 0.3 is 0 Å². The molecule has 0 N–H and O–H groups in total. The van der Waals surface area contributed by atoms with Crippen LogP contribution in [0.2, 0.25) is 10.0 Å². The minimum Gasteiger partial charge on any atom is -0.339 e. The highest BCUT2D eigenvalue weighted by Crippen LogP contribution is 2.35. The summed E-state index contributed by atoms with van der Waals surface area (Å²) in [6, 6.07) is 14.4. The minimum absolute atomic E-state index is 0.107. The Hall–Kier alpha value is -2.74. The maximum atomic E-state index is 12.9. The highest BCUT2D eigenvalue weighted by Gasteiger charge is 2.34. The van der Waals surface area contributed by atoms with Crippen molar-refractivity contribution in [3.63, 3.8) is 0 Å². The lowest BCUT2D eigenvalue weighted by Gasteiger charge is -2.35. The van der Waals surface area contributed by atoms with Crippen molar-refractivity contribution in [1.29, 1.82) is 0 Å². The van der Waals surface area contributed by atoms with Crippen LogP contribution in [0.1, 0.15) is 24.0 Å². The van der Waals surface area contributed by atoms with Crippen molar-refractivity contribution in [1.82, 2.24) is 19.6 Å². The van der Waals surface area contributed by atoms with Gasteiger partial charge in [-0.2, -0.15) is 0 Å². The van der Waals surface area contributed by atoms with E-state index < -0.39 is 0 Å². The first-order valence-corrected chi connectivity index (χ1v) is 16.9. The second-order valence-corrected chi connectivity index (χ2v) is 14.1. The van der Waals surface area contributed by atoms with Crippen LogP contribution in [0.5, 0.6) is 0 Å². The first-order chi connectivity index (χ1) is 21.1. The van der Waals surface area contributed by atoms with E-state index >= 15 is 0 Å². The van der Waals surface area contributed by atoms with Gasteiger partial charge < -0.3 is 9.80 Å². The zero-order valence-electron chi connectivity index (χ0n) is 23.2. The van der Waals surface area contributed by atoms with Gasteiger partial charge in [0.25, 0.3) is 11.8 Å². The average Bonchev–Trinajstić information content (AvgIpc) is 3.44. The molecule has 5 rings (SSSR count). The van der Waals surface area contributed by atoms with Gasteiger partial charge in [0.1, 0.15) is 8.64 Å². The van der Waals surface area contributed by atoms with Crippen LogP contribution in [0.3, 0.4) is 0 Å². The third-order valence-corrected chi connectivity index (χ3v) is 10.7. The molecule has 0 aliphatic carbocycles. The molecule has 3 aliphatic heterocycles. The second-order valence-electron chi connectivity index (χ2n) is 9.97. The van der Waals surface area contributed by atoms with Crippen molar-refractivity contribution in [2.24, 2.45) is 0 Å². The molecule has 0 unspecified atom stereocenters. The van der Waals surface area contributed by atoms with E-state index in [-0.39, 0.29) is 49.6 Å². The third kappa shape index (κ3) is 7.55. The second kappa shape index (κ2) is 14.6. The summed E-state index contributed by atoms with van der Waals surface area (Å²) in [6.07, 6.45) is 3.66.